The lowest BCUT2D eigenvalue weighted by atomic mass is 9.97. The number of carboxylic acids is 1. The predicted molar refractivity (Wildman–Crippen MR) is 96.3 cm³/mol. The minimum Gasteiger partial charge on any atom is -0.478 e. The first-order valence-electron chi connectivity index (χ1n) is 9.52. The van der Waals surface area contributed by atoms with E-state index in [0.29, 0.717) is 24.0 Å². The van der Waals surface area contributed by atoms with Gasteiger partial charge in [0.25, 0.3) is 0 Å². The maximum absolute atomic E-state index is 11.4. The highest BCUT2D eigenvalue weighted by Crippen LogP contribution is 2.20. The zero-order valence-corrected chi connectivity index (χ0v) is 15.2. The van der Waals surface area contributed by atoms with Crippen molar-refractivity contribution < 1.29 is 9.90 Å². The molecule has 0 aliphatic heterocycles. The van der Waals surface area contributed by atoms with Crippen molar-refractivity contribution in [2.75, 3.05) is 0 Å². The van der Waals surface area contributed by atoms with Gasteiger partial charge >= 0.3 is 5.97 Å². The molecule has 0 aromatic rings. The zero-order valence-electron chi connectivity index (χ0n) is 15.2. The van der Waals surface area contributed by atoms with Crippen molar-refractivity contribution >= 4 is 5.97 Å². The fourth-order valence-corrected chi connectivity index (χ4v) is 2.83. The second kappa shape index (κ2) is 15.6. The normalized spacial score (nSPS) is 11.9. The number of allylic oxidation sites excluding steroid dienone is 1. The van der Waals surface area contributed by atoms with Crippen molar-refractivity contribution in [1.82, 2.24) is 0 Å². The van der Waals surface area contributed by atoms with Gasteiger partial charge in [-0.2, -0.15) is 5.26 Å². The average Bonchev–Trinajstić information content (AvgIpc) is 2.54. The molecule has 0 saturated heterocycles. The second-order valence-electron chi connectivity index (χ2n) is 6.41. The molecule has 0 amide bonds. The minimum atomic E-state index is -0.902. The lowest BCUT2D eigenvalue weighted by Gasteiger charge is -2.07. The monoisotopic (exact) mass is 321 g/mol. The molecule has 3 heteroatoms. The van der Waals surface area contributed by atoms with Gasteiger partial charge in [0.05, 0.1) is 11.6 Å². The molecule has 0 fully saturated rings. The molecule has 0 rings (SSSR count). The van der Waals surface area contributed by atoms with Gasteiger partial charge in [0.1, 0.15) is 0 Å². The van der Waals surface area contributed by atoms with Crippen LogP contribution in [0, 0.1) is 11.3 Å². The molecule has 3 nitrogen and oxygen atoms in total. The van der Waals surface area contributed by atoms with E-state index in [-0.39, 0.29) is 0 Å². The predicted octanol–water partition coefficient (Wildman–Crippen LogP) is 6.39. The van der Waals surface area contributed by atoms with Crippen molar-refractivity contribution in [1.29, 1.82) is 5.26 Å². The molecule has 0 aliphatic rings. The average molecular weight is 322 g/mol. The van der Waals surface area contributed by atoms with Crippen LogP contribution in [0.5, 0.6) is 0 Å². The third-order valence-corrected chi connectivity index (χ3v) is 4.32. The summed E-state index contributed by atoms with van der Waals surface area (Å²) in [6, 6.07) is 2.15. The molecular formula is C20H35NO2. The first-order valence-corrected chi connectivity index (χ1v) is 9.52. The number of carbonyl (C=O) groups is 1. The van der Waals surface area contributed by atoms with Gasteiger partial charge in [0, 0.05) is 5.57 Å². The van der Waals surface area contributed by atoms with Crippen LogP contribution >= 0.6 is 0 Å². The highest BCUT2D eigenvalue weighted by molar-refractivity contribution is 5.88. The van der Waals surface area contributed by atoms with E-state index in [4.69, 9.17) is 0 Å². The van der Waals surface area contributed by atoms with E-state index in [1.165, 1.54) is 51.4 Å². The van der Waals surface area contributed by atoms with E-state index in [9.17, 15) is 15.2 Å². The van der Waals surface area contributed by atoms with Crippen LogP contribution in [0.2, 0.25) is 0 Å². The Balaban J connectivity index is 4.22. The number of nitrogens with zero attached hydrogens (tertiary/aromatic N) is 1. The summed E-state index contributed by atoms with van der Waals surface area (Å²) in [5.41, 5.74) is 0.859. The first kappa shape index (κ1) is 21.7. The highest BCUT2D eigenvalue weighted by Gasteiger charge is 2.13. The van der Waals surface area contributed by atoms with E-state index in [0.717, 1.165) is 25.7 Å². The smallest absolute Gasteiger partial charge is 0.332 e. The largest absolute Gasteiger partial charge is 0.478 e. The van der Waals surface area contributed by atoms with Crippen molar-refractivity contribution in [3.05, 3.63) is 11.1 Å². The molecule has 0 aromatic heterocycles. The van der Waals surface area contributed by atoms with Gasteiger partial charge in [-0.05, 0) is 25.7 Å². The molecular weight excluding hydrogens is 286 g/mol. The quantitative estimate of drug-likeness (QED) is 0.216. The molecule has 0 heterocycles. The lowest BCUT2D eigenvalue weighted by Crippen LogP contribution is -2.05. The Labute approximate surface area is 142 Å². The Morgan fingerprint density at radius 2 is 1.22 bits per heavy atom. The Morgan fingerprint density at radius 1 is 0.783 bits per heavy atom. The van der Waals surface area contributed by atoms with Crippen LogP contribution in [-0.2, 0) is 4.79 Å². The summed E-state index contributed by atoms with van der Waals surface area (Å²) in [4.78, 5) is 11.4. The molecule has 1 N–H and O–H groups in total. The van der Waals surface area contributed by atoms with Gasteiger partial charge in [-0.25, -0.2) is 4.79 Å². The van der Waals surface area contributed by atoms with E-state index in [2.05, 4.69) is 19.9 Å². The third kappa shape index (κ3) is 11.9. The van der Waals surface area contributed by atoms with Gasteiger partial charge in [-0.1, -0.05) is 78.1 Å². The van der Waals surface area contributed by atoms with Crippen LogP contribution in [0.25, 0.3) is 0 Å². The third-order valence-electron chi connectivity index (χ3n) is 4.32. The Kier molecular flexibility index (Phi) is 14.7. The molecule has 0 saturated carbocycles. The molecule has 23 heavy (non-hydrogen) atoms. The summed E-state index contributed by atoms with van der Waals surface area (Å²) in [6.07, 6.45) is 14.9. The number of unbranched alkanes of at least 4 members (excludes halogenated alkanes) is 10. The van der Waals surface area contributed by atoms with E-state index >= 15 is 0 Å². The van der Waals surface area contributed by atoms with Gasteiger partial charge in [-0.15, -0.1) is 0 Å². The summed E-state index contributed by atoms with van der Waals surface area (Å²) in [6.45, 7) is 4.38. The lowest BCUT2D eigenvalue weighted by molar-refractivity contribution is -0.132. The summed E-state index contributed by atoms with van der Waals surface area (Å²) >= 11 is 0. The number of hydrogen-bond donors (Lipinski definition) is 1. The van der Waals surface area contributed by atoms with Gasteiger partial charge < -0.3 is 5.11 Å². The molecule has 0 spiro atoms. The first-order chi connectivity index (χ1) is 11.2. The van der Waals surface area contributed by atoms with Crippen molar-refractivity contribution in [3.63, 3.8) is 0 Å². The van der Waals surface area contributed by atoms with Crippen LogP contribution in [-0.4, -0.2) is 11.1 Å². The second-order valence-corrected chi connectivity index (χ2v) is 6.41. The number of carboxylic acid groups (broad SMARTS) is 1. The van der Waals surface area contributed by atoms with E-state index in [1.807, 2.05) is 0 Å². The van der Waals surface area contributed by atoms with Crippen LogP contribution in [0.3, 0.4) is 0 Å². The topological polar surface area (TPSA) is 61.1 Å². The Hall–Kier alpha value is -1.30. The van der Waals surface area contributed by atoms with Crippen molar-refractivity contribution in [3.8, 4) is 6.07 Å². The summed E-state index contributed by atoms with van der Waals surface area (Å²) in [5.74, 6) is -0.902. The fraction of sp³-hybridized carbons (Fsp3) is 0.800. The zero-order chi connectivity index (χ0) is 17.3. The molecule has 0 radical (unpaired) electrons. The molecule has 0 atom stereocenters. The molecule has 0 aromatic carbocycles. The summed E-state index contributed by atoms with van der Waals surface area (Å²) < 4.78 is 0. The highest BCUT2D eigenvalue weighted by atomic mass is 16.4. The van der Waals surface area contributed by atoms with E-state index in [1.54, 1.807) is 0 Å². The summed E-state index contributed by atoms with van der Waals surface area (Å²) in [7, 11) is 0. The number of aliphatic carboxylic acids is 1. The number of hydrogen-bond acceptors (Lipinski definition) is 2. The van der Waals surface area contributed by atoms with Crippen LogP contribution in [0.4, 0.5) is 0 Å². The fourth-order valence-electron chi connectivity index (χ4n) is 2.83. The number of rotatable bonds is 15. The molecule has 0 bridgehead atoms. The molecule has 0 unspecified atom stereocenters. The Bertz CT molecular complexity index is 380. The van der Waals surface area contributed by atoms with Crippen LogP contribution in [0.1, 0.15) is 104 Å². The number of nitriles is 1. The molecule has 0 aliphatic carbocycles. The van der Waals surface area contributed by atoms with Crippen LogP contribution < -0.4 is 0 Å². The van der Waals surface area contributed by atoms with Crippen molar-refractivity contribution in [2.45, 2.75) is 104 Å². The minimum absolute atomic E-state index is 0.358. The SMILES string of the molecule is CCCCCCCC/C(C#N)=C(/CCCCCCCC)C(=O)O. The van der Waals surface area contributed by atoms with E-state index < -0.39 is 5.97 Å². The van der Waals surface area contributed by atoms with Crippen molar-refractivity contribution in [2.24, 2.45) is 0 Å². The van der Waals surface area contributed by atoms with Crippen LogP contribution in [0.15, 0.2) is 11.1 Å². The standard InChI is InChI=1S/C20H35NO2/c1-3-5-7-9-11-13-15-18(17-21)19(20(22)23)16-14-12-10-8-6-4-2/h3-16H2,1-2H3,(H,22,23)/b19-18+. The molecule has 132 valence electrons. The Morgan fingerprint density at radius 3 is 1.65 bits per heavy atom. The van der Waals surface area contributed by atoms with Gasteiger partial charge in [0.15, 0.2) is 0 Å². The maximum Gasteiger partial charge on any atom is 0.332 e. The van der Waals surface area contributed by atoms with Gasteiger partial charge in [0.2, 0.25) is 0 Å². The maximum atomic E-state index is 11.4. The van der Waals surface area contributed by atoms with Gasteiger partial charge in [-0.3, -0.25) is 0 Å². The summed E-state index contributed by atoms with van der Waals surface area (Å²) in [5, 5.41) is 18.7.